The van der Waals surface area contributed by atoms with Crippen molar-refractivity contribution in [1.82, 2.24) is 4.98 Å². The van der Waals surface area contributed by atoms with Crippen LogP contribution in [0.3, 0.4) is 0 Å². The number of nitrogens with zero attached hydrogens (tertiary/aromatic N) is 1. The fourth-order valence-corrected chi connectivity index (χ4v) is 2.43. The minimum atomic E-state index is -0.509. The molecule has 0 aliphatic heterocycles. The van der Waals surface area contributed by atoms with Gasteiger partial charge < -0.3 is 5.11 Å². The van der Waals surface area contributed by atoms with Crippen molar-refractivity contribution in [2.45, 2.75) is 12.5 Å². The third kappa shape index (κ3) is 2.87. The molecule has 4 heteroatoms. The van der Waals surface area contributed by atoms with Gasteiger partial charge in [0.15, 0.2) is 0 Å². The minimum Gasteiger partial charge on any atom is -0.386 e. The van der Waals surface area contributed by atoms with Crippen LogP contribution in [-0.4, -0.2) is 10.1 Å². The second-order valence-corrected chi connectivity index (χ2v) is 4.90. The van der Waals surface area contributed by atoms with Crippen LogP contribution in [0, 0.1) is 0 Å². The Bertz CT molecular complexity index is 430. The SMILES string of the molecule is OC(Cc1cccc(Br)c1)c1cscn1. The molecule has 1 aromatic carbocycles. The summed E-state index contributed by atoms with van der Waals surface area (Å²) in [6, 6.07) is 7.95. The third-order valence-corrected chi connectivity index (χ3v) is 3.21. The van der Waals surface area contributed by atoms with Crippen LogP contribution in [0.5, 0.6) is 0 Å². The zero-order valence-corrected chi connectivity index (χ0v) is 10.3. The Morgan fingerprint density at radius 2 is 2.33 bits per heavy atom. The highest BCUT2D eigenvalue weighted by Gasteiger charge is 2.10. The molecule has 1 unspecified atom stereocenters. The van der Waals surface area contributed by atoms with Crippen LogP contribution in [0.1, 0.15) is 17.4 Å². The highest BCUT2D eigenvalue weighted by atomic mass is 79.9. The van der Waals surface area contributed by atoms with Gasteiger partial charge in [-0.1, -0.05) is 28.1 Å². The van der Waals surface area contributed by atoms with Gasteiger partial charge in [-0.15, -0.1) is 11.3 Å². The lowest BCUT2D eigenvalue weighted by Gasteiger charge is -2.07. The molecule has 78 valence electrons. The second kappa shape index (κ2) is 4.88. The zero-order chi connectivity index (χ0) is 10.7. The highest BCUT2D eigenvalue weighted by molar-refractivity contribution is 9.10. The first kappa shape index (κ1) is 10.8. The first-order valence-corrected chi connectivity index (χ1v) is 6.30. The van der Waals surface area contributed by atoms with E-state index in [1.54, 1.807) is 5.51 Å². The lowest BCUT2D eigenvalue weighted by Crippen LogP contribution is -2.01. The van der Waals surface area contributed by atoms with E-state index in [0.29, 0.717) is 6.42 Å². The summed E-state index contributed by atoms with van der Waals surface area (Å²) in [7, 11) is 0. The number of halogens is 1. The van der Waals surface area contributed by atoms with E-state index in [1.807, 2.05) is 29.6 Å². The van der Waals surface area contributed by atoms with Crippen molar-refractivity contribution in [2.75, 3.05) is 0 Å². The molecule has 15 heavy (non-hydrogen) atoms. The minimum absolute atomic E-state index is 0.509. The topological polar surface area (TPSA) is 33.1 Å². The molecule has 1 heterocycles. The monoisotopic (exact) mass is 283 g/mol. The van der Waals surface area contributed by atoms with E-state index in [4.69, 9.17) is 0 Å². The van der Waals surface area contributed by atoms with Gasteiger partial charge in [0.2, 0.25) is 0 Å². The average Bonchev–Trinajstić information content (AvgIpc) is 2.70. The van der Waals surface area contributed by atoms with Gasteiger partial charge in [-0.25, -0.2) is 4.98 Å². The van der Waals surface area contributed by atoms with E-state index in [9.17, 15) is 5.11 Å². The summed E-state index contributed by atoms with van der Waals surface area (Å²) in [6.45, 7) is 0. The van der Waals surface area contributed by atoms with E-state index in [-0.39, 0.29) is 0 Å². The van der Waals surface area contributed by atoms with Crippen LogP contribution in [0.15, 0.2) is 39.6 Å². The van der Waals surface area contributed by atoms with Gasteiger partial charge in [0.05, 0.1) is 11.2 Å². The van der Waals surface area contributed by atoms with Crippen molar-refractivity contribution in [2.24, 2.45) is 0 Å². The molecule has 0 spiro atoms. The van der Waals surface area contributed by atoms with Gasteiger partial charge in [-0.3, -0.25) is 0 Å². The Morgan fingerprint density at radius 1 is 1.47 bits per heavy atom. The summed E-state index contributed by atoms with van der Waals surface area (Å²) in [5, 5.41) is 11.8. The summed E-state index contributed by atoms with van der Waals surface area (Å²) in [6.07, 6.45) is 0.0916. The van der Waals surface area contributed by atoms with Gasteiger partial charge in [-0.2, -0.15) is 0 Å². The van der Waals surface area contributed by atoms with Crippen molar-refractivity contribution in [3.63, 3.8) is 0 Å². The quantitative estimate of drug-likeness (QED) is 0.939. The zero-order valence-electron chi connectivity index (χ0n) is 7.93. The highest BCUT2D eigenvalue weighted by Crippen LogP contribution is 2.20. The molecule has 1 aromatic heterocycles. The summed E-state index contributed by atoms with van der Waals surface area (Å²) in [4.78, 5) is 4.09. The lowest BCUT2D eigenvalue weighted by molar-refractivity contribution is 0.174. The first-order valence-electron chi connectivity index (χ1n) is 4.56. The first-order chi connectivity index (χ1) is 7.25. The molecule has 0 aliphatic carbocycles. The van der Waals surface area contributed by atoms with Gasteiger partial charge in [0.25, 0.3) is 0 Å². The number of benzene rings is 1. The molecular formula is C11H10BrNOS. The lowest BCUT2D eigenvalue weighted by atomic mass is 10.1. The molecule has 0 saturated heterocycles. The van der Waals surface area contributed by atoms with Gasteiger partial charge >= 0.3 is 0 Å². The number of aromatic nitrogens is 1. The molecule has 2 aromatic rings. The molecule has 0 bridgehead atoms. The normalized spacial score (nSPS) is 12.7. The van der Waals surface area contributed by atoms with E-state index < -0.39 is 6.10 Å². The fraction of sp³-hybridized carbons (Fsp3) is 0.182. The molecule has 2 rings (SSSR count). The van der Waals surface area contributed by atoms with Crippen molar-refractivity contribution in [3.05, 3.63) is 50.9 Å². The summed E-state index contributed by atoms with van der Waals surface area (Å²) < 4.78 is 1.03. The Morgan fingerprint density at radius 3 is 3.00 bits per heavy atom. The number of aliphatic hydroxyl groups excluding tert-OH is 1. The second-order valence-electron chi connectivity index (χ2n) is 3.26. The smallest absolute Gasteiger partial charge is 0.101 e. The van der Waals surface area contributed by atoms with Crippen LogP contribution in [0.25, 0.3) is 0 Å². The Hall–Kier alpha value is -0.710. The molecular weight excluding hydrogens is 274 g/mol. The van der Waals surface area contributed by atoms with Gasteiger partial charge in [0.1, 0.15) is 6.10 Å². The number of hydrogen-bond acceptors (Lipinski definition) is 3. The Kier molecular flexibility index (Phi) is 3.51. The maximum atomic E-state index is 9.88. The van der Waals surface area contributed by atoms with E-state index in [1.165, 1.54) is 11.3 Å². The predicted octanol–water partition coefficient (Wildman–Crippen LogP) is 3.18. The van der Waals surface area contributed by atoms with Crippen molar-refractivity contribution >= 4 is 27.3 Å². The van der Waals surface area contributed by atoms with Crippen LogP contribution >= 0.6 is 27.3 Å². The molecule has 0 aliphatic rings. The molecule has 0 saturated carbocycles. The molecule has 2 nitrogen and oxygen atoms in total. The third-order valence-electron chi connectivity index (χ3n) is 2.11. The van der Waals surface area contributed by atoms with Gasteiger partial charge in [-0.05, 0) is 17.7 Å². The van der Waals surface area contributed by atoms with Crippen LogP contribution in [-0.2, 0) is 6.42 Å². The van der Waals surface area contributed by atoms with E-state index in [0.717, 1.165) is 15.7 Å². The average molecular weight is 284 g/mol. The maximum Gasteiger partial charge on any atom is 0.101 e. The van der Waals surface area contributed by atoms with Gasteiger partial charge in [0, 0.05) is 16.3 Å². The van der Waals surface area contributed by atoms with Crippen LogP contribution in [0.4, 0.5) is 0 Å². The number of aliphatic hydroxyl groups is 1. The van der Waals surface area contributed by atoms with Crippen LogP contribution in [0.2, 0.25) is 0 Å². The van der Waals surface area contributed by atoms with Crippen molar-refractivity contribution in [1.29, 1.82) is 0 Å². The predicted molar refractivity (Wildman–Crippen MR) is 64.9 cm³/mol. The standard InChI is InChI=1S/C11H10BrNOS/c12-9-3-1-2-8(4-9)5-11(14)10-6-15-7-13-10/h1-4,6-7,11,14H,5H2. The molecule has 0 radical (unpaired) electrons. The number of thiazole rings is 1. The molecule has 0 fully saturated rings. The molecule has 0 amide bonds. The van der Waals surface area contributed by atoms with Crippen molar-refractivity contribution in [3.8, 4) is 0 Å². The van der Waals surface area contributed by atoms with Crippen molar-refractivity contribution < 1.29 is 5.11 Å². The Balaban J connectivity index is 2.09. The summed E-state index contributed by atoms with van der Waals surface area (Å²) in [5.41, 5.74) is 3.59. The van der Waals surface area contributed by atoms with E-state index in [2.05, 4.69) is 20.9 Å². The number of rotatable bonds is 3. The summed E-state index contributed by atoms with van der Waals surface area (Å²) in [5.74, 6) is 0. The Labute approximate surface area is 101 Å². The fourth-order valence-electron chi connectivity index (χ4n) is 1.38. The van der Waals surface area contributed by atoms with Crippen LogP contribution < -0.4 is 0 Å². The number of hydrogen-bond donors (Lipinski definition) is 1. The molecule has 1 N–H and O–H groups in total. The maximum absolute atomic E-state index is 9.88. The summed E-state index contributed by atoms with van der Waals surface area (Å²) >= 11 is 4.91. The van der Waals surface area contributed by atoms with E-state index >= 15 is 0 Å². The largest absolute Gasteiger partial charge is 0.386 e. The molecule has 1 atom stereocenters.